The summed E-state index contributed by atoms with van der Waals surface area (Å²) < 4.78 is 1.64. The summed E-state index contributed by atoms with van der Waals surface area (Å²) in [6, 6.07) is 17.7. The zero-order valence-electron chi connectivity index (χ0n) is 18.1. The van der Waals surface area contributed by atoms with Crippen molar-refractivity contribution in [3.8, 4) is 0 Å². The maximum Gasteiger partial charge on any atom is 0.262 e. The summed E-state index contributed by atoms with van der Waals surface area (Å²) in [5.41, 5.74) is 3.54. The van der Waals surface area contributed by atoms with Gasteiger partial charge in [-0.2, -0.15) is 0 Å². The Morgan fingerprint density at radius 3 is 2.48 bits per heavy atom. The second-order valence-electron chi connectivity index (χ2n) is 7.73. The van der Waals surface area contributed by atoms with Gasteiger partial charge in [0.15, 0.2) is 5.16 Å². The topological polar surface area (TPSA) is 64.0 Å². The zero-order valence-corrected chi connectivity index (χ0v) is 18.9. The molecular formula is C25H25N3O2S. The first-order chi connectivity index (χ1) is 14.9. The van der Waals surface area contributed by atoms with Gasteiger partial charge in [-0.3, -0.25) is 14.2 Å². The molecule has 158 valence electrons. The number of aryl methyl sites for hydroxylation is 2. The molecule has 0 aliphatic carbocycles. The lowest BCUT2D eigenvalue weighted by molar-refractivity contribution is -0.115. The van der Waals surface area contributed by atoms with Crippen molar-refractivity contribution in [3.05, 3.63) is 76.1 Å². The number of benzene rings is 3. The lowest BCUT2D eigenvalue weighted by Gasteiger charge is -2.16. The molecule has 5 nitrogen and oxygen atoms in total. The maximum atomic E-state index is 13.2. The maximum absolute atomic E-state index is 13.2. The summed E-state index contributed by atoms with van der Waals surface area (Å²) in [5, 5.41) is 5.78. The highest BCUT2D eigenvalue weighted by atomic mass is 32.2. The number of fused-ring (bicyclic) bond motifs is 2. The molecule has 31 heavy (non-hydrogen) atoms. The van der Waals surface area contributed by atoms with Gasteiger partial charge in [0.2, 0.25) is 5.91 Å². The molecule has 4 rings (SSSR count). The fraction of sp³-hybridized carbons (Fsp3) is 0.240. The van der Waals surface area contributed by atoms with Crippen molar-refractivity contribution in [1.29, 1.82) is 0 Å². The van der Waals surface area contributed by atoms with Crippen LogP contribution in [0, 0.1) is 13.8 Å². The Labute approximate surface area is 185 Å². The number of rotatable bonds is 5. The molecule has 0 saturated carbocycles. The van der Waals surface area contributed by atoms with E-state index in [1.807, 2.05) is 82.3 Å². The highest BCUT2D eigenvalue weighted by Gasteiger charge is 2.20. The molecule has 0 aliphatic rings. The molecule has 1 heterocycles. The van der Waals surface area contributed by atoms with Crippen molar-refractivity contribution >= 4 is 45.0 Å². The van der Waals surface area contributed by atoms with Gasteiger partial charge in [0, 0.05) is 12.2 Å². The Morgan fingerprint density at radius 2 is 1.81 bits per heavy atom. The van der Waals surface area contributed by atoms with Gasteiger partial charge in [0.05, 0.1) is 16.2 Å². The second kappa shape index (κ2) is 8.55. The van der Waals surface area contributed by atoms with Crippen LogP contribution in [0.15, 0.2) is 64.5 Å². The molecule has 6 heteroatoms. The highest BCUT2D eigenvalue weighted by Crippen LogP contribution is 2.26. The third-order valence-electron chi connectivity index (χ3n) is 5.39. The van der Waals surface area contributed by atoms with Crippen molar-refractivity contribution < 1.29 is 4.79 Å². The van der Waals surface area contributed by atoms with Crippen LogP contribution >= 0.6 is 11.8 Å². The van der Waals surface area contributed by atoms with Gasteiger partial charge >= 0.3 is 0 Å². The quantitative estimate of drug-likeness (QED) is 0.264. The van der Waals surface area contributed by atoms with Gasteiger partial charge in [-0.1, -0.05) is 53.7 Å². The Kier molecular flexibility index (Phi) is 5.83. The van der Waals surface area contributed by atoms with Gasteiger partial charge in [-0.25, -0.2) is 4.98 Å². The number of anilines is 1. The van der Waals surface area contributed by atoms with Crippen LogP contribution in [-0.4, -0.2) is 20.7 Å². The number of carbonyl (C=O) groups is 1. The van der Waals surface area contributed by atoms with E-state index in [0.29, 0.717) is 22.6 Å². The van der Waals surface area contributed by atoms with E-state index in [9.17, 15) is 9.59 Å². The Bertz CT molecular complexity index is 1360. The third kappa shape index (κ3) is 4.21. The average molecular weight is 432 g/mol. The first kappa shape index (κ1) is 21.1. The van der Waals surface area contributed by atoms with Crippen LogP contribution < -0.4 is 10.9 Å². The van der Waals surface area contributed by atoms with Crippen molar-refractivity contribution in [1.82, 2.24) is 9.55 Å². The number of thioether (sulfide) groups is 1. The summed E-state index contributed by atoms with van der Waals surface area (Å²) in [6.07, 6.45) is 0. The fourth-order valence-electron chi connectivity index (χ4n) is 3.66. The molecule has 1 amide bonds. The van der Waals surface area contributed by atoms with Crippen LogP contribution in [-0.2, 0) is 11.3 Å². The summed E-state index contributed by atoms with van der Waals surface area (Å²) in [4.78, 5) is 30.7. The van der Waals surface area contributed by atoms with Crippen LogP contribution in [0.2, 0.25) is 0 Å². The van der Waals surface area contributed by atoms with Gasteiger partial charge in [-0.15, -0.1) is 0 Å². The number of carbonyl (C=O) groups excluding carboxylic acids is 1. The first-order valence-corrected chi connectivity index (χ1v) is 11.2. The molecule has 0 fully saturated rings. The lowest BCUT2D eigenvalue weighted by atomic mass is 10.1. The third-order valence-corrected chi connectivity index (χ3v) is 6.48. The lowest BCUT2D eigenvalue weighted by Crippen LogP contribution is -2.26. The zero-order chi connectivity index (χ0) is 22.1. The molecule has 1 unspecified atom stereocenters. The van der Waals surface area contributed by atoms with E-state index in [-0.39, 0.29) is 11.5 Å². The molecule has 0 saturated heterocycles. The highest BCUT2D eigenvalue weighted by molar-refractivity contribution is 8.00. The molecule has 1 atom stereocenters. The molecule has 0 radical (unpaired) electrons. The Balaban J connectivity index is 1.67. The van der Waals surface area contributed by atoms with Crippen molar-refractivity contribution in [2.75, 3.05) is 5.32 Å². The predicted molar refractivity (Wildman–Crippen MR) is 129 cm³/mol. The number of amides is 1. The summed E-state index contributed by atoms with van der Waals surface area (Å²) in [6.45, 7) is 8.24. The van der Waals surface area contributed by atoms with Crippen LogP contribution in [0.5, 0.6) is 0 Å². The molecule has 4 aromatic rings. The predicted octanol–water partition coefficient (Wildman–Crippen LogP) is 5.31. The average Bonchev–Trinajstić information content (AvgIpc) is 2.75. The SMILES string of the molecule is CCn1c(SC(C)C(=O)Nc2ccc(C)cc2C)nc2cc3ccccc3cc2c1=O. The minimum absolute atomic E-state index is 0.0808. The molecule has 0 spiro atoms. The summed E-state index contributed by atoms with van der Waals surface area (Å²) in [5.74, 6) is -0.118. The van der Waals surface area contributed by atoms with Crippen molar-refractivity contribution in [3.63, 3.8) is 0 Å². The van der Waals surface area contributed by atoms with E-state index in [1.165, 1.54) is 11.8 Å². The number of hydrogen-bond donors (Lipinski definition) is 1. The van der Waals surface area contributed by atoms with Crippen LogP contribution in [0.1, 0.15) is 25.0 Å². The minimum atomic E-state index is -0.414. The van der Waals surface area contributed by atoms with E-state index in [0.717, 1.165) is 27.6 Å². The smallest absolute Gasteiger partial charge is 0.262 e. The molecule has 1 N–H and O–H groups in total. The molecule has 0 aliphatic heterocycles. The molecule has 1 aromatic heterocycles. The van der Waals surface area contributed by atoms with E-state index in [2.05, 4.69) is 5.32 Å². The van der Waals surface area contributed by atoms with E-state index >= 15 is 0 Å². The monoisotopic (exact) mass is 431 g/mol. The van der Waals surface area contributed by atoms with E-state index < -0.39 is 5.25 Å². The standard InChI is InChI=1S/C25H25N3O2S/c1-5-28-24(30)20-13-18-8-6-7-9-19(18)14-22(20)27-25(28)31-17(4)23(29)26-21-11-10-15(2)12-16(21)3/h6-14,17H,5H2,1-4H3,(H,26,29). The van der Waals surface area contributed by atoms with Gasteiger partial charge < -0.3 is 5.32 Å². The van der Waals surface area contributed by atoms with Crippen LogP contribution in [0.25, 0.3) is 21.7 Å². The first-order valence-electron chi connectivity index (χ1n) is 10.4. The van der Waals surface area contributed by atoms with Crippen LogP contribution in [0.3, 0.4) is 0 Å². The normalized spacial score (nSPS) is 12.3. The molecule has 0 bridgehead atoms. The van der Waals surface area contributed by atoms with Crippen molar-refractivity contribution in [2.24, 2.45) is 0 Å². The molecular weight excluding hydrogens is 406 g/mol. The van der Waals surface area contributed by atoms with E-state index in [1.54, 1.807) is 4.57 Å². The van der Waals surface area contributed by atoms with Gasteiger partial charge in [0.25, 0.3) is 5.56 Å². The number of nitrogens with zero attached hydrogens (tertiary/aromatic N) is 2. The molecule has 3 aromatic carbocycles. The summed E-state index contributed by atoms with van der Waals surface area (Å²) >= 11 is 1.31. The summed E-state index contributed by atoms with van der Waals surface area (Å²) in [7, 11) is 0. The van der Waals surface area contributed by atoms with Gasteiger partial charge in [-0.05, 0) is 62.2 Å². The fourth-order valence-corrected chi connectivity index (χ4v) is 4.63. The Hall–Kier alpha value is -3.12. The van der Waals surface area contributed by atoms with Crippen LogP contribution in [0.4, 0.5) is 5.69 Å². The number of hydrogen-bond acceptors (Lipinski definition) is 4. The largest absolute Gasteiger partial charge is 0.325 e. The second-order valence-corrected chi connectivity index (χ2v) is 9.04. The Morgan fingerprint density at radius 1 is 1.10 bits per heavy atom. The minimum Gasteiger partial charge on any atom is -0.325 e. The van der Waals surface area contributed by atoms with Gasteiger partial charge in [0.1, 0.15) is 0 Å². The van der Waals surface area contributed by atoms with E-state index in [4.69, 9.17) is 4.98 Å². The number of aromatic nitrogens is 2. The number of nitrogens with one attached hydrogen (secondary N) is 1. The van der Waals surface area contributed by atoms with Crippen molar-refractivity contribution in [2.45, 2.75) is 44.6 Å².